The van der Waals surface area contributed by atoms with Crippen LogP contribution in [0.2, 0.25) is 0 Å². The van der Waals surface area contributed by atoms with Crippen LogP contribution in [0.1, 0.15) is 45.2 Å². The molecule has 1 aromatic carbocycles. The summed E-state index contributed by atoms with van der Waals surface area (Å²) in [6.45, 7) is 8.84. The fourth-order valence-electron chi connectivity index (χ4n) is 2.53. The number of fused-ring (bicyclic) bond motifs is 1. The highest BCUT2D eigenvalue weighted by atomic mass is 15.1. The molecule has 0 saturated heterocycles. The standard InChI is InChI=1S/C18H26N2/c1-4-6-13-20(14-7-5-2)17-10-8-9-16-12-11-15(3)19-18(16)17/h8-12H,4-7,13-14H2,1-3H3. The van der Waals surface area contributed by atoms with Crippen molar-refractivity contribution in [2.75, 3.05) is 18.0 Å². The van der Waals surface area contributed by atoms with Gasteiger partial charge in [-0.2, -0.15) is 0 Å². The van der Waals surface area contributed by atoms with Crippen molar-refractivity contribution in [1.29, 1.82) is 0 Å². The van der Waals surface area contributed by atoms with E-state index >= 15 is 0 Å². The lowest BCUT2D eigenvalue weighted by atomic mass is 10.1. The molecule has 0 atom stereocenters. The second-order valence-corrected chi connectivity index (χ2v) is 5.50. The Hall–Kier alpha value is -1.57. The minimum atomic E-state index is 1.09. The van der Waals surface area contributed by atoms with Gasteiger partial charge in [0.25, 0.3) is 0 Å². The van der Waals surface area contributed by atoms with E-state index < -0.39 is 0 Å². The molecule has 0 radical (unpaired) electrons. The Balaban J connectivity index is 2.37. The van der Waals surface area contributed by atoms with Gasteiger partial charge in [0.1, 0.15) is 0 Å². The molecule has 2 aromatic rings. The minimum Gasteiger partial charge on any atom is -0.370 e. The van der Waals surface area contributed by atoms with Crippen LogP contribution in [-0.4, -0.2) is 18.1 Å². The van der Waals surface area contributed by atoms with E-state index in [-0.39, 0.29) is 0 Å². The SMILES string of the molecule is CCCCN(CCCC)c1cccc2ccc(C)nc12. The zero-order valence-electron chi connectivity index (χ0n) is 13.0. The number of aryl methyl sites for hydroxylation is 1. The summed E-state index contributed by atoms with van der Waals surface area (Å²) in [6, 6.07) is 10.8. The fraction of sp³-hybridized carbons (Fsp3) is 0.500. The van der Waals surface area contributed by atoms with Crippen LogP contribution < -0.4 is 4.90 Å². The van der Waals surface area contributed by atoms with E-state index in [1.807, 2.05) is 0 Å². The molecule has 108 valence electrons. The number of pyridine rings is 1. The molecular weight excluding hydrogens is 244 g/mol. The van der Waals surface area contributed by atoms with E-state index in [0.29, 0.717) is 0 Å². The maximum absolute atomic E-state index is 4.77. The summed E-state index contributed by atoms with van der Waals surface area (Å²) in [5.74, 6) is 0. The average Bonchev–Trinajstić information content (AvgIpc) is 2.47. The summed E-state index contributed by atoms with van der Waals surface area (Å²) >= 11 is 0. The normalized spacial score (nSPS) is 10.9. The zero-order valence-corrected chi connectivity index (χ0v) is 13.0. The van der Waals surface area contributed by atoms with E-state index in [0.717, 1.165) is 24.3 Å². The first-order valence-corrected chi connectivity index (χ1v) is 7.87. The van der Waals surface area contributed by atoms with Gasteiger partial charge in [-0.3, -0.25) is 4.98 Å². The number of unbranched alkanes of at least 4 members (excludes halogenated alkanes) is 2. The molecular formula is C18H26N2. The maximum Gasteiger partial charge on any atom is 0.0938 e. The Morgan fingerprint density at radius 3 is 2.30 bits per heavy atom. The minimum absolute atomic E-state index is 1.09. The number of anilines is 1. The third-order valence-electron chi connectivity index (χ3n) is 3.74. The van der Waals surface area contributed by atoms with Gasteiger partial charge in [0, 0.05) is 24.2 Å². The monoisotopic (exact) mass is 270 g/mol. The number of aromatic nitrogens is 1. The van der Waals surface area contributed by atoms with Gasteiger partial charge in [-0.25, -0.2) is 0 Å². The highest BCUT2D eigenvalue weighted by Gasteiger charge is 2.10. The Morgan fingerprint density at radius 1 is 0.950 bits per heavy atom. The molecule has 20 heavy (non-hydrogen) atoms. The molecule has 0 amide bonds. The number of hydrogen-bond acceptors (Lipinski definition) is 2. The van der Waals surface area contributed by atoms with Crippen molar-refractivity contribution in [3.63, 3.8) is 0 Å². The summed E-state index contributed by atoms with van der Waals surface area (Å²) in [7, 11) is 0. The molecule has 0 saturated carbocycles. The van der Waals surface area contributed by atoms with Crippen molar-refractivity contribution >= 4 is 16.6 Å². The van der Waals surface area contributed by atoms with Crippen molar-refractivity contribution < 1.29 is 0 Å². The van der Waals surface area contributed by atoms with Crippen molar-refractivity contribution in [2.45, 2.75) is 46.5 Å². The fourth-order valence-corrected chi connectivity index (χ4v) is 2.53. The lowest BCUT2D eigenvalue weighted by molar-refractivity contribution is 0.679. The van der Waals surface area contributed by atoms with E-state index in [1.54, 1.807) is 0 Å². The molecule has 0 aliphatic rings. The summed E-state index contributed by atoms with van der Waals surface area (Å²) < 4.78 is 0. The van der Waals surface area contributed by atoms with Gasteiger partial charge in [0.15, 0.2) is 0 Å². The Kier molecular flexibility index (Phi) is 5.40. The van der Waals surface area contributed by atoms with Crippen LogP contribution in [0.25, 0.3) is 10.9 Å². The third kappa shape index (κ3) is 3.50. The number of hydrogen-bond donors (Lipinski definition) is 0. The van der Waals surface area contributed by atoms with E-state index in [1.165, 1.54) is 36.8 Å². The summed E-state index contributed by atoms with van der Waals surface area (Å²) in [4.78, 5) is 7.29. The second-order valence-electron chi connectivity index (χ2n) is 5.50. The molecule has 0 N–H and O–H groups in total. The van der Waals surface area contributed by atoms with Crippen LogP contribution in [0.15, 0.2) is 30.3 Å². The van der Waals surface area contributed by atoms with Crippen molar-refractivity contribution in [3.8, 4) is 0 Å². The highest BCUT2D eigenvalue weighted by Crippen LogP contribution is 2.26. The van der Waals surface area contributed by atoms with Crippen LogP contribution in [0.5, 0.6) is 0 Å². The molecule has 0 spiro atoms. The molecule has 0 bridgehead atoms. The van der Waals surface area contributed by atoms with Crippen molar-refractivity contribution in [1.82, 2.24) is 4.98 Å². The van der Waals surface area contributed by atoms with Crippen molar-refractivity contribution in [2.24, 2.45) is 0 Å². The van der Waals surface area contributed by atoms with Crippen LogP contribution in [-0.2, 0) is 0 Å². The molecule has 1 aromatic heterocycles. The number of benzene rings is 1. The van der Waals surface area contributed by atoms with Crippen LogP contribution in [0.4, 0.5) is 5.69 Å². The molecule has 0 fully saturated rings. The Morgan fingerprint density at radius 2 is 1.65 bits per heavy atom. The third-order valence-corrected chi connectivity index (χ3v) is 3.74. The van der Waals surface area contributed by atoms with Gasteiger partial charge in [-0.05, 0) is 31.9 Å². The average molecular weight is 270 g/mol. The summed E-state index contributed by atoms with van der Waals surface area (Å²) in [5.41, 5.74) is 3.55. The van der Waals surface area contributed by atoms with E-state index in [2.05, 4.69) is 56.0 Å². The lowest BCUT2D eigenvalue weighted by Gasteiger charge is -2.25. The molecule has 1 heterocycles. The quantitative estimate of drug-likeness (QED) is 0.707. The molecule has 0 aliphatic carbocycles. The highest BCUT2D eigenvalue weighted by molar-refractivity contribution is 5.90. The number of para-hydroxylation sites is 1. The smallest absolute Gasteiger partial charge is 0.0938 e. The topological polar surface area (TPSA) is 16.1 Å². The van der Waals surface area contributed by atoms with Crippen LogP contribution in [0, 0.1) is 6.92 Å². The molecule has 0 aliphatic heterocycles. The predicted octanol–water partition coefficient (Wildman–Crippen LogP) is 4.95. The summed E-state index contributed by atoms with van der Waals surface area (Å²) in [5, 5.41) is 1.24. The first kappa shape index (κ1) is 14.8. The first-order valence-electron chi connectivity index (χ1n) is 7.87. The number of nitrogens with zero attached hydrogens (tertiary/aromatic N) is 2. The molecule has 0 unspecified atom stereocenters. The van der Waals surface area contributed by atoms with Crippen LogP contribution >= 0.6 is 0 Å². The van der Waals surface area contributed by atoms with Gasteiger partial charge in [-0.15, -0.1) is 0 Å². The van der Waals surface area contributed by atoms with Gasteiger partial charge < -0.3 is 4.90 Å². The van der Waals surface area contributed by atoms with E-state index in [4.69, 9.17) is 4.98 Å². The van der Waals surface area contributed by atoms with Crippen LogP contribution in [0.3, 0.4) is 0 Å². The lowest BCUT2D eigenvalue weighted by Crippen LogP contribution is -2.26. The zero-order chi connectivity index (χ0) is 14.4. The van der Waals surface area contributed by atoms with Gasteiger partial charge in [-0.1, -0.05) is 44.9 Å². The van der Waals surface area contributed by atoms with Crippen molar-refractivity contribution in [3.05, 3.63) is 36.0 Å². The first-order chi connectivity index (χ1) is 9.76. The molecule has 2 nitrogen and oxygen atoms in total. The largest absolute Gasteiger partial charge is 0.370 e. The predicted molar refractivity (Wildman–Crippen MR) is 88.5 cm³/mol. The summed E-state index contributed by atoms with van der Waals surface area (Å²) in [6.07, 6.45) is 4.96. The molecule has 2 heteroatoms. The Bertz CT molecular complexity index is 540. The van der Waals surface area contributed by atoms with E-state index in [9.17, 15) is 0 Å². The van der Waals surface area contributed by atoms with Gasteiger partial charge >= 0.3 is 0 Å². The van der Waals surface area contributed by atoms with Gasteiger partial charge in [0.05, 0.1) is 11.2 Å². The second kappa shape index (κ2) is 7.28. The maximum atomic E-state index is 4.77. The Labute approximate surface area is 122 Å². The van der Waals surface area contributed by atoms with Gasteiger partial charge in [0.2, 0.25) is 0 Å². The number of rotatable bonds is 7. The molecule has 2 rings (SSSR count).